The summed E-state index contributed by atoms with van der Waals surface area (Å²) in [5, 5.41) is 4.07. The van der Waals surface area contributed by atoms with Crippen LogP contribution in [0.2, 0.25) is 0 Å². The lowest BCUT2D eigenvalue weighted by Gasteiger charge is -2.19. The Balaban J connectivity index is 1.77. The number of esters is 2. The van der Waals surface area contributed by atoms with Gasteiger partial charge in [0.25, 0.3) is 0 Å². The number of aromatic nitrogens is 1. The Hall–Kier alpha value is -3.12. The molecule has 1 atom stereocenters. The second-order valence-corrected chi connectivity index (χ2v) is 7.66. The maximum absolute atomic E-state index is 12.8. The largest absolute Gasteiger partial charge is 0.468 e. The van der Waals surface area contributed by atoms with Crippen LogP contribution in [0.25, 0.3) is 10.9 Å². The molecule has 1 N–H and O–H groups in total. The van der Waals surface area contributed by atoms with Crippen LogP contribution < -0.4 is 5.32 Å². The van der Waals surface area contributed by atoms with E-state index in [1.165, 1.54) is 7.11 Å². The molecule has 0 radical (unpaired) electrons. The molecule has 0 bridgehead atoms. The molecule has 3 rings (SSSR count). The highest BCUT2D eigenvalue weighted by Gasteiger charge is 2.21. The Morgan fingerprint density at radius 1 is 1.03 bits per heavy atom. The number of hydrogen-bond acceptors (Lipinski definition) is 5. The molecule has 0 aliphatic rings. The quantitative estimate of drug-likeness (QED) is 0.539. The van der Waals surface area contributed by atoms with Gasteiger partial charge in [-0.15, -0.1) is 0 Å². The number of hydrogen-bond donors (Lipinski definition) is 1. The van der Waals surface area contributed by atoms with E-state index in [0.717, 1.165) is 16.5 Å². The van der Waals surface area contributed by atoms with Crippen molar-refractivity contribution in [2.45, 2.75) is 39.6 Å². The number of ether oxygens (including phenoxy) is 2. The third kappa shape index (κ3) is 5.27. The summed E-state index contributed by atoms with van der Waals surface area (Å²) in [5.74, 6) is -0.324. The zero-order chi connectivity index (χ0) is 21.5. The number of carbonyl (C=O) groups excluding carboxylic acids is 2. The van der Waals surface area contributed by atoms with E-state index in [4.69, 9.17) is 9.47 Å². The van der Waals surface area contributed by atoms with Crippen molar-refractivity contribution in [2.24, 2.45) is 5.92 Å². The van der Waals surface area contributed by atoms with Gasteiger partial charge in [0.05, 0.1) is 19.3 Å². The van der Waals surface area contributed by atoms with E-state index < -0.39 is 6.04 Å². The Kier molecular flexibility index (Phi) is 7.25. The van der Waals surface area contributed by atoms with E-state index in [0.29, 0.717) is 24.6 Å². The number of nitrogens with one attached hydrogen (secondary N) is 1. The molecular weight excluding hydrogens is 380 g/mol. The van der Waals surface area contributed by atoms with Crippen LogP contribution in [0.1, 0.15) is 36.2 Å². The molecule has 1 heterocycles. The van der Waals surface area contributed by atoms with E-state index in [1.54, 1.807) is 6.20 Å². The molecule has 30 heavy (non-hydrogen) atoms. The van der Waals surface area contributed by atoms with Crippen LogP contribution in [-0.4, -0.2) is 29.7 Å². The van der Waals surface area contributed by atoms with Gasteiger partial charge in [0.15, 0.2) is 0 Å². The van der Waals surface area contributed by atoms with Gasteiger partial charge in [-0.1, -0.05) is 62.4 Å². The van der Waals surface area contributed by atoms with Gasteiger partial charge in [0.2, 0.25) is 0 Å². The van der Waals surface area contributed by atoms with Crippen molar-refractivity contribution in [1.82, 2.24) is 9.88 Å². The fraction of sp³-hybridized carbons (Fsp3) is 0.333. The minimum atomic E-state index is -0.412. The summed E-state index contributed by atoms with van der Waals surface area (Å²) in [6.07, 6.45) is 2.44. The predicted octanol–water partition coefficient (Wildman–Crippen LogP) is 4.13. The first-order valence-electron chi connectivity index (χ1n) is 10.1. The van der Waals surface area contributed by atoms with Crippen LogP contribution in [0.15, 0.2) is 60.8 Å². The second kappa shape index (κ2) is 10.1. The van der Waals surface area contributed by atoms with Crippen molar-refractivity contribution in [3.05, 3.63) is 71.9 Å². The van der Waals surface area contributed by atoms with Gasteiger partial charge in [-0.3, -0.25) is 10.1 Å². The van der Waals surface area contributed by atoms with Crippen LogP contribution in [-0.2, 0) is 27.5 Å². The topological polar surface area (TPSA) is 69.6 Å². The maximum atomic E-state index is 12.8. The van der Waals surface area contributed by atoms with Crippen molar-refractivity contribution in [2.75, 3.05) is 7.11 Å². The van der Waals surface area contributed by atoms with E-state index in [-0.39, 0.29) is 18.5 Å². The molecule has 0 saturated carbocycles. The summed E-state index contributed by atoms with van der Waals surface area (Å²) in [5.41, 5.74) is 2.33. The summed E-state index contributed by atoms with van der Waals surface area (Å²) in [6, 6.07) is 16.8. The molecule has 2 aromatic carbocycles. The van der Waals surface area contributed by atoms with Gasteiger partial charge in [-0.25, -0.2) is 4.79 Å². The van der Waals surface area contributed by atoms with Gasteiger partial charge < -0.3 is 14.0 Å². The highest BCUT2D eigenvalue weighted by atomic mass is 16.5. The van der Waals surface area contributed by atoms with E-state index >= 15 is 0 Å². The maximum Gasteiger partial charge on any atom is 0.340 e. The molecule has 1 aromatic heterocycles. The lowest BCUT2D eigenvalue weighted by Crippen LogP contribution is -2.39. The zero-order valence-corrected chi connectivity index (χ0v) is 17.6. The number of rotatable bonds is 9. The molecule has 0 spiro atoms. The Bertz CT molecular complexity index is 995. The number of benzene rings is 2. The van der Waals surface area contributed by atoms with Crippen LogP contribution >= 0.6 is 0 Å². The SMILES string of the molecule is COC(=O)C(CC(C)C)NCn1cc(C(=O)OCc2ccccc2)c2ccccc21. The Morgan fingerprint density at radius 2 is 1.73 bits per heavy atom. The molecule has 6 nitrogen and oxygen atoms in total. The van der Waals surface area contributed by atoms with Crippen molar-refractivity contribution in [3.8, 4) is 0 Å². The third-order valence-electron chi connectivity index (χ3n) is 4.92. The summed E-state index contributed by atoms with van der Waals surface area (Å²) < 4.78 is 12.4. The average Bonchev–Trinajstić information content (AvgIpc) is 3.13. The van der Waals surface area contributed by atoms with Crippen molar-refractivity contribution >= 4 is 22.8 Å². The lowest BCUT2D eigenvalue weighted by molar-refractivity contribution is -0.143. The average molecular weight is 408 g/mol. The van der Waals surface area contributed by atoms with Crippen molar-refractivity contribution in [1.29, 1.82) is 0 Å². The van der Waals surface area contributed by atoms with E-state index in [1.807, 2.05) is 59.2 Å². The minimum absolute atomic E-state index is 0.218. The predicted molar refractivity (Wildman–Crippen MR) is 116 cm³/mol. The minimum Gasteiger partial charge on any atom is -0.468 e. The second-order valence-electron chi connectivity index (χ2n) is 7.66. The summed E-state index contributed by atoms with van der Waals surface area (Å²) in [4.78, 5) is 24.9. The van der Waals surface area contributed by atoms with Crippen LogP contribution in [0.5, 0.6) is 0 Å². The molecular formula is C24H28N2O4. The number of para-hydroxylation sites is 1. The molecule has 0 fully saturated rings. The first kappa shape index (κ1) is 21.6. The number of fused-ring (bicyclic) bond motifs is 1. The van der Waals surface area contributed by atoms with Gasteiger partial charge in [0.1, 0.15) is 12.6 Å². The number of carbonyl (C=O) groups is 2. The Morgan fingerprint density at radius 3 is 2.43 bits per heavy atom. The fourth-order valence-corrected chi connectivity index (χ4v) is 3.43. The van der Waals surface area contributed by atoms with Gasteiger partial charge >= 0.3 is 11.9 Å². The summed E-state index contributed by atoms with van der Waals surface area (Å²) in [7, 11) is 1.39. The molecule has 0 aliphatic heterocycles. The molecule has 0 saturated heterocycles. The van der Waals surface area contributed by atoms with Crippen molar-refractivity contribution < 1.29 is 19.1 Å². The van der Waals surface area contributed by atoms with Gasteiger partial charge in [0, 0.05) is 17.1 Å². The van der Waals surface area contributed by atoms with Crippen LogP contribution in [0, 0.1) is 5.92 Å². The molecule has 3 aromatic rings. The monoisotopic (exact) mass is 408 g/mol. The smallest absolute Gasteiger partial charge is 0.340 e. The number of nitrogens with zero attached hydrogens (tertiary/aromatic N) is 1. The van der Waals surface area contributed by atoms with E-state index in [9.17, 15) is 9.59 Å². The van der Waals surface area contributed by atoms with Gasteiger partial charge in [-0.05, 0) is 24.0 Å². The molecule has 158 valence electrons. The fourth-order valence-electron chi connectivity index (χ4n) is 3.43. The van der Waals surface area contributed by atoms with Crippen LogP contribution in [0.4, 0.5) is 0 Å². The summed E-state index contributed by atoms with van der Waals surface area (Å²) >= 11 is 0. The third-order valence-corrected chi connectivity index (χ3v) is 4.92. The first-order chi connectivity index (χ1) is 14.5. The normalized spacial score (nSPS) is 12.1. The molecule has 0 aliphatic carbocycles. The van der Waals surface area contributed by atoms with Crippen molar-refractivity contribution in [3.63, 3.8) is 0 Å². The van der Waals surface area contributed by atoms with Crippen LogP contribution in [0.3, 0.4) is 0 Å². The first-order valence-corrected chi connectivity index (χ1v) is 10.1. The zero-order valence-electron chi connectivity index (χ0n) is 17.6. The van der Waals surface area contributed by atoms with Gasteiger partial charge in [-0.2, -0.15) is 0 Å². The lowest BCUT2D eigenvalue weighted by atomic mass is 10.0. The number of methoxy groups -OCH3 is 1. The van der Waals surface area contributed by atoms with E-state index in [2.05, 4.69) is 19.2 Å². The highest BCUT2D eigenvalue weighted by Crippen LogP contribution is 2.22. The molecule has 0 amide bonds. The molecule has 6 heteroatoms. The summed E-state index contributed by atoms with van der Waals surface area (Å²) in [6.45, 7) is 4.71. The Labute approximate surface area is 176 Å². The highest BCUT2D eigenvalue weighted by molar-refractivity contribution is 6.04. The standard InChI is InChI=1S/C24H28N2O4/c1-17(2)13-21(24(28)29-3)25-16-26-14-20(19-11-7-8-12-22(19)26)23(27)30-15-18-9-5-4-6-10-18/h4-12,14,17,21,25H,13,15-16H2,1-3H3. The molecule has 1 unspecified atom stereocenters.